The lowest BCUT2D eigenvalue weighted by Crippen LogP contribution is -2.62. The van der Waals surface area contributed by atoms with Crippen LogP contribution in [0.25, 0.3) is 6.08 Å². The summed E-state index contributed by atoms with van der Waals surface area (Å²) >= 11 is 6.06. The fourth-order valence-corrected chi connectivity index (χ4v) is 3.78. The summed E-state index contributed by atoms with van der Waals surface area (Å²) in [6, 6.07) is 7.45. The second-order valence-electron chi connectivity index (χ2n) is 6.39. The number of carbonyl (C=O) groups is 2. The number of hydrogen-bond donors (Lipinski definition) is 3. The molecule has 1 saturated carbocycles. The molecule has 2 aliphatic rings. The molecule has 2 fully saturated rings. The molecule has 0 aromatic heterocycles. The van der Waals surface area contributed by atoms with Crippen LogP contribution in [0.15, 0.2) is 30.3 Å². The highest BCUT2D eigenvalue weighted by Crippen LogP contribution is 2.34. The van der Waals surface area contributed by atoms with Gasteiger partial charge in [-0.1, -0.05) is 42.6 Å². The normalized spacial score (nSPS) is 26.7. The molecule has 0 bridgehead atoms. The van der Waals surface area contributed by atoms with Gasteiger partial charge >= 0.3 is 0 Å². The Kier molecular flexibility index (Phi) is 5.53. The van der Waals surface area contributed by atoms with Gasteiger partial charge in [-0.05, 0) is 36.5 Å². The van der Waals surface area contributed by atoms with E-state index >= 15 is 0 Å². The molecule has 1 saturated heterocycles. The Hall–Kier alpha value is -1.85. The lowest BCUT2D eigenvalue weighted by atomic mass is 9.74. The zero-order valence-electron chi connectivity index (χ0n) is 13.4. The number of halogens is 1. The zero-order chi connectivity index (χ0) is 16.9. The van der Waals surface area contributed by atoms with Gasteiger partial charge in [-0.15, -0.1) is 0 Å². The maximum absolute atomic E-state index is 12.0. The lowest BCUT2D eigenvalue weighted by molar-refractivity contribution is -0.133. The number of benzene rings is 1. The van der Waals surface area contributed by atoms with Gasteiger partial charge in [0.2, 0.25) is 11.8 Å². The molecular weight excluding hydrogens is 326 g/mol. The molecule has 3 N–H and O–H groups in total. The van der Waals surface area contributed by atoms with Crippen molar-refractivity contribution in [2.24, 2.45) is 11.8 Å². The Morgan fingerprint density at radius 2 is 2.08 bits per heavy atom. The van der Waals surface area contributed by atoms with Crippen molar-refractivity contribution < 1.29 is 9.59 Å². The third-order valence-corrected chi connectivity index (χ3v) is 5.21. The molecule has 0 radical (unpaired) electrons. The van der Waals surface area contributed by atoms with Gasteiger partial charge in [0.15, 0.2) is 0 Å². The van der Waals surface area contributed by atoms with E-state index in [-0.39, 0.29) is 23.8 Å². The average molecular weight is 348 g/mol. The second-order valence-corrected chi connectivity index (χ2v) is 6.80. The van der Waals surface area contributed by atoms with Gasteiger partial charge in [0.1, 0.15) is 0 Å². The van der Waals surface area contributed by atoms with Crippen LogP contribution < -0.4 is 16.2 Å². The minimum atomic E-state index is -0.166. The van der Waals surface area contributed by atoms with Crippen LogP contribution in [0.2, 0.25) is 5.02 Å². The van der Waals surface area contributed by atoms with Crippen molar-refractivity contribution in [1.29, 1.82) is 0 Å². The van der Waals surface area contributed by atoms with Crippen molar-refractivity contribution in [2.45, 2.75) is 31.7 Å². The van der Waals surface area contributed by atoms with Crippen LogP contribution in [0.5, 0.6) is 0 Å². The molecule has 6 heteroatoms. The standard InChI is InChI=1S/C18H22ClN3O2/c19-15-8-4-1-5-12(15)9-10-17(23)20-11-16-13-6-2-3-7-14(13)18(24)22-21-16/h1,4-5,8-10,13-14,16,21H,2-3,6-7,11H2,(H,20,23)(H,22,24)/b10-9+. The topological polar surface area (TPSA) is 70.2 Å². The van der Waals surface area contributed by atoms with E-state index in [1.54, 1.807) is 12.1 Å². The average Bonchev–Trinajstić information content (AvgIpc) is 2.61. The maximum Gasteiger partial charge on any atom is 0.244 e. The van der Waals surface area contributed by atoms with E-state index in [2.05, 4.69) is 16.2 Å². The van der Waals surface area contributed by atoms with Crippen LogP contribution in [0.1, 0.15) is 31.2 Å². The molecule has 3 unspecified atom stereocenters. The molecule has 5 nitrogen and oxygen atoms in total. The molecular formula is C18H22ClN3O2. The number of hydrogen-bond acceptors (Lipinski definition) is 3. The smallest absolute Gasteiger partial charge is 0.244 e. The van der Waals surface area contributed by atoms with Gasteiger partial charge in [-0.2, -0.15) is 0 Å². The van der Waals surface area contributed by atoms with Crippen LogP contribution in [-0.2, 0) is 9.59 Å². The number of carbonyl (C=O) groups excluding carboxylic acids is 2. The van der Waals surface area contributed by atoms with Crippen LogP contribution in [0.3, 0.4) is 0 Å². The van der Waals surface area contributed by atoms with Crippen molar-refractivity contribution in [3.8, 4) is 0 Å². The Morgan fingerprint density at radius 1 is 1.29 bits per heavy atom. The van der Waals surface area contributed by atoms with Crippen molar-refractivity contribution in [3.63, 3.8) is 0 Å². The summed E-state index contributed by atoms with van der Waals surface area (Å²) in [6.07, 6.45) is 7.41. The fourth-order valence-electron chi connectivity index (χ4n) is 3.58. The molecule has 3 atom stereocenters. The third-order valence-electron chi connectivity index (χ3n) is 4.87. The monoisotopic (exact) mass is 347 g/mol. The highest BCUT2D eigenvalue weighted by molar-refractivity contribution is 6.32. The van der Waals surface area contributed by atoms with E-state index in [1.807, 2.05) is 18.2 Å². The molecule has 128 valence electrons. The van der Waals surface area contributed by atoms with Crippen molar-refractivity contribution in [2.75, 3.05) is 6.54 Å². The van der Waals surface area contributed by atoms with E-state index in [9.17, 15) is 9.59 Å². The maximum atomic E-state index is 12.0. The summed E-state index contributed by atoms with van der Waals surface area (Å²) in [7, 11) is 0. The fraction of sp³-hybridized carbons (Fsp3) is 0.444. The number of hydrazine groups is 1. The number of fused-ring (bicyclic) bond motifs is 1. The number of rotatable bonds is 4. The lowest BCUT2D eigenvalue weighted by Gasteiger charge is -2.41. The van der Waals surface area contributed by atoms with Gasteiger partial charge in [-0.3, -0.25) is 15.0 Å². The van der Waals surface area contributed by atoms with Gasteiger partial charge in [0, 0.05) is 29.6 Å². The van der Waals surface area contributed by atoms with Crippen molar-refractivity contribution >= 4 is 29.5 Å². The highest BCUT2D eigenvalue weighted by atomic mass is 35.5. The summed E-state index contributed by atoms with van der Waals surface area (Å²) in [4.78, 5) is 24.0. The highest BCUT2D eigenvalue weighted by Gasteiger charge is 2.39. The summed E-state index contributed by atoms with van der Waals surface area (Å²) in [5.74, 6) is 0.280. The Labute approximate surface area is 146 Å². The molecule has 1 aromatic carbocycles. The number of nitrogens with one attached hydrogen (secondary N) is 3. The molecule has 1 aliphatic carbocycles. The Morgan fingerprint density at radius 3 is 2.92 bits per heavy atom. The predicted octanol–water partition coefficient (Wildman–Crippen LogP) is 2.28. The second kappa shape index (κ2) is 7.81. The van der Waals surface area contributed by atoms with Crippen molar-refractivity contribution in [1.82, 2.24) is 16.2 Å². The summed E-state index contributed by atoms with van der Waals surface area (Å²) in [5.41, 5.74) is 6.60. The number of amides is 2. The molecule has 24 heavy (non-hydrogen) atoms. The van der Waals surface area contributed by atoms with E-state index in [0.29, 0.717) is 17.5 Å². The van der Waals surface area contributed by atoms with E-state index in [0.717, 1.165) is 31.2 Å². The van der Waals surface area contributed by atoms with E-state index in [1.165, 1.54) is 6.08 Å². The molecule has 3 rings (SSSR count). The molecule has 1 heterocycles. The van der Waals surface area contributed by atoms with Gasteiger partial charge in [0.05, 0.1) is 0 Å². The molecule has 0 spiro atoms. The van der Waals surface area contributed by atoms with Gasteiger partial charge in [0.25, 0.3) is 0 Å². The molecule has 2 amide bonds. The van der Waals surface area contributed by atoms with Crippen LogP contribution in [-0.4, -0.2) is 24.4 Å². The minimum Gasteiger partial charge on any atom is -0.351 e. The van der Waals surface area contributed by atoms with Crippen LogP contribution in [0, 0.1) is 11.8 Å². The summed E-state index contributed by atoms with van der Waals surface area (Å²) in [6.45, 7) is 0.493. The summed E-state index contributed by atoms with van der Waals surface area (Å²) < 4.78 is 0. The van der Waals surface area contributed by atoms with Crippen LogP contribution >= 0.6 is 11.6 Å². The third kappa shape index (κ3) is 3.97. The Bertz CT molecular complexity index is 647. The zero-order valence-corrected chi connectivity index (χ0v) is 14.2. The molecule has 1 aliphatic heterocycles. The van der Waals surface area contributed by atoms with Crippen LogP contribution in [0.4, 0.5) is 0 Å². The Balaban J connectivity index is 1.54. The first-order chi connectivity index (χ1) is 11.6. The largest absolute Gasteiger partial charge is 0.351 e. The quantitative estimate of drug-likeness (QED) is 0.732. The first-order valence-corrected chi connectivity index (χ1v) is 8.79. The molecule has 1 aromatic rings. The van der Waals surface area contributed by atoms with E-state index < -0.39 is 0 Å². The SMILES string of the molecule is O=C(/C=C/c1ccccc1Cl)NCC1NNC(=O)C2CCCCC12. The summed E-state index contributed by atoms with van der Waals surface area (Å²) in [5, 5.41) is 3.52. The van der Waals surface area contributed by atoms with Crippen molar-refractivity contribution in [3.05, 3.63) is 40.9 Å². The van der Waals surface area contributed by atoms with Gasteiger partial charge in [-0.25, -0.2) is 5.43 Å². The first-order valence-electron chi connectivity index (χ1n) is 8.41. The predicted molar refractivity (Wildman–Crippen MR) is 94.0 cm³/mol. The van der Waals surface area contributed by atoms with Gasteiger partial charge < -0.3 is 5.32 Å². The van der Waals surface area contributed by atoms with E-state index in [4.69, 9.17) is 11.6 Å². The minimum absolute atomic E-state index is 0.0700. The first kappa shape index (κ1) is 17.0.